The molecule has 3 N–H and O–H groups in total. The maximum Gasteiger partial charge on any atom is 0.261 e. The van der Waals surface area contributed by atoms with Crippen molar-refractivity contribution in [2.45, 2.75) is 42.5 Å². The molecule has 67 heavy (non-hydrogen) atoms. The Morgan fingerprint density at radius 2 is 1.54 bits per heavy atom. The minimum atomic E-state index is -3.88. The number of amides is 1. The molecule has 5 aromatic carbocycles. The Morgan fingerprint density at radius 3 is 2.24 bits per heavy atom. The molecule has 10 nitrogen and oxygen atoms in total. The lowest BCUT2D eigenvalue weighted by molar-refractivity contribution is 0.0949. The van der Waals surface area contributed by atoms with Crippen LogP contribution in [0.25, 0.3) is 22.4 Å². The Kier molecular flexibility index (Phi) is 16.6. The van der Waals surface area contributed by atoms with Crippen molar-refractivity contribution >= 4 is 39.1 Å². The first kappa shape index (κ1) is 49.0. The number of anilines is 2. The lowest BCUT2D eigenvalue weighted by Crippen LogP contribution is -2.45. The molecule has 2 heterocycles. The van der Waals surface area contributed by atoms with Crippen molar-refractivity contribution in [2.75, 3.05) is 82.7 Å². The largest absolute Gasteiger partial charge is 0.381 e. The zero-order chi connectivity index (χ0) is 47.5. The fourth-order valence-electron chi connectivity index (χ4n) is 8.21. The molecule has 1 amide bonds. The normalized spacial score (nSPS) is 13.8. The van der Waals surface area contributed by atoms with Crippen molar-refractivity contribution < 1.29 is 17.6 Å². The molecule has 7 rings (SSSR count). The second-order valence-electron chi connectivity index (χ2n) is 17.6. The fourth-order valence-corrected chi connectivity index (χ4v) is 10.4. The number of thioether (sulfide) groups is 1. The summed E-state index contributed by atoms with van der Waals surface area (Å²) in [5.74, 6) is 6.88. The van der Waals surface area contributed by atoms with Crippen LogP contribution in [0.3, 0.4) is 0 Å². The molecule has 0 spiro atoms. The van der Waals surface area contributed by atoms with Crippen LogP contribution in [0.15, 0.2) is 131 Å². The molecule has 1 aromatic heterocycles. The number of hydrogen-bond acceptors (Lipinski definition) is 8. The average molecular weight is 940 g/mol. The first-order valence-electron chi connectivity index (χ1n) is 22.8. The zero-order valence-electron chi connectivity index (χ0n) is 39.4. The number of halogens is 1. The summed E-state index contributed by atoms with van der Waals surface area (Å²) in [5, 5.41) is 6.86. The van der Waals surface area contributed by atoms with E-state index in [1.54, 1.807) is 60.3 Å². The van der Waals surface area contributed by atoms with E-state index in [9.17, 15) is 17.6 Å². The number of nitrogens with zero attached hydrogens (tertiary/aromatic N) is 4. The van der Waals surface area contributed by atoms with Gasteiger partial charge in [-0.1, -0.05) is 42.2 Å². The smallest absolute Gasteiger partial charge is 0.261 e. The molecule has 0 radical (unpaired) electrons. The van der Waals surface area contributed by atoms with E-state index in [-0.39, 0.29) is 22.7 Å². The first-order valence-corrected chi connectivity index (χ1v) is 25.3. The number of carbonyl (C=O) groups excluding carboxylic acids is 1. The first-order chi connectivity index (χ1) is 32.2. The maximum atomic E-state index is 14.1. The highest BCUT2D eigenvalue weighted by atomic mass is 32.2. The molecule has 1 atom stereocenters. The summed E-state index contributed by atoms with van der Waals surface area (Å²) in [5.41, 5.74) is 8.16. The van der Waals surface area contributed by atoms with Crippen molar-refractivity contribution in [3.63, 3.8) is 0 Å². The van der Waals surface area contributed by atoms with Crippen molar-refractivity contribution in [1.29, 1.82) is 0 Å². The highest BCUT2D eigenvalue weighted by Crippen LogP contribution is 2.39. The van der Waals surface area contributed by atoms with Crippen LogP contribution in [0.2, 0.25) is 0 Å². The van der Waals surface area contributed by atoms with Gasteiger partial charge >= 0.3 is 0 Å². The maximum absolute atomic E-state index is 14.1. The third-order valence-electron chi connectivity index (χ3n) is 12.2. The van der Waals surface area contributed by atoms with Gasteiger partial charge in [-0.2, -0.15) is 0 Å². The Labute approximate surface area is 401 Å². The molecule has 1 aliphatic heterocycles. The van der Waals surface area contributed by atoms with Gasteiger partial charge in [0.15, 0.2) is 0 Å². The summed E-state index contributed by atoms with van der Waals surface area (Å²) in [4.78, 5) is 22.4. The van der Waals surface area contributed by atoms with E-state index in [4.69, 9.17) is 0 Å². The molecule has 350 valence electrons. The average Bonchev–Trinajstić information content (AvgIpc) is 3.59. The molecule has 1 saturated heterocycles. The topological polar surface area (TPSA) is 102 Å². The summed E-state index contributed by atoms with van der Waals surface area (Å²) < 4.78 is 46.1. The van der Waals surface area contributed by atoms with Crippen LogP contribution < -0.4 is 15.4 Å². The van der Waals surface area contributed by atoms with Gasteiger partial charge in [0.1, 0.15) is 5.82 Å². The second-order valence-corrected chi connectivity index (χ2v) is 20.3. The highest BCUT2D eigenvalue weighted by molar-refractivity contribution is 7.99. The number of aromatic nitrogens is 1. The van der Waals surface area contributed by atoms with Crippen LogP contribution in [-0.2, 0) is 17.1 Å². The third-order valence-corrected chi connectivity index (χ3v) is 14.7. The fraction of sp³-hybridized carbons (Fsp3) is 0.315. The SMILES string of the molecule is Cc1cc(S(=O)(=O)Nc2ccc(C#Cc3cccc(-c4c(C(=O)NCCCN5CCN(C)CC5)c(C)n(C)c4-c4ccc(F)cc4)c3)cc2)ccc1N[C@H](CCN(C)C)CSc1ccccc1. The van der Waals surface area contributed by atoms with Gasteiger partial charge in [0.2, 0.25) is 0 Å². The third kappa shape index (κ3) is 13.2. The molecule has 0 bridgehead atoms. The van der Waals surface area contributed by atoms with E-state index in [0.717, 1.165) is 103 Å². The molecule has 0 aliphatic carbocycles. The Balaban J connectivity index is 1.04. The van der Waals surface area contributed by atoms with E-state index in [2.05, 4.69) is 75.2 Å². The van der Waals surface area contributed by atoms with E-state index in [1.807, 2.05) is 74.0 Å². The number of sulfonamides is 1. The quantitative estimate of drug-likeness (QED) is 0.0446. The summed E-state index contributed by atoms with van der Waals surface area (Å²) in [6, 6.07) is 36.8. The molecular weight excluding hydrogens is 878 g/mol. The molecule has 0 unspecified atom stereocenters. The van der Waals surface area contributed by atoms with Crippen LogP contribution in [0.4, 0.5) is 15.8 Å². The Morgan fingerprint density at radius 1 is 0.821 bits per heavy atom. The Bertz CT molecular complexity index is 2790. The lowest BCUT2D eigenvalue weighted by Gasteiger charge is -2.32. The number of piperazine rings is 1. The lowest BCUT2D eigenvalue weighted by atomic mass is 9.95. The summed E-state index contributed by atoms with van der Waals surface area (Å²) in [7, 11) is 4.33. The highest BCUT2D eigenvalue weighted by Gasteiger charge is 2.26. The summed E-state index contributed by atoms with van der Waals surface area (Å²) in [6.45, 7) is 10.4. The predicted octanol–water partition coefficient (Wildman–Crippen LogP) is 9.21. The number of hydrogen-bond donors (Lipinski definition) is 3. The summed E-state index contributed by atoms with van der Waals surface area (Å²) in [6.07, 6.45) is 1.78. The number of aryl methyl sites for hydroxylation is 1. The van der Waals surface area contributed by atoms with Gasteiger partial charge in [0.25, 0.3) is 15.9 Å². The van der Waals surface area contributed by atoms with Crippen LogP contribution in [0.5, 0.6) is 0 Å². The minimum Gasteiger partial charge on any atom is -0.381 e. The standard InChI is InChI=1S/C54H62FN7O3S2/c1-39-36-49(26-27-50(39)57-47(28-31-59(3)4)38-66-48-14-8-7-9-15-48)67(64,65)58-46-24-18-41(19-25-46)16-17-42-12-10-13-44(37-42)52-51(40(2)61(6)53(52)43-20-22-45(55)23-21-43)54(63)56-29-11-30-62-34-32-60(5)33-35-62/h7-10,12-15,18-27,36-37,47,57-58H,11,28-35,38H2,1-6H3,(H,56,63)/t47-/m1/s1. The summed E-state index contributed by atoms with van der Waals surface area (Å²) >= 11 is 1.81. The monoisotopic (exact) mass is 939 g/mol. The van der Waals surface area contributed by atoms with E-state index < -0.39 is 10.0 Å². The van der Waals surface area contributed by atoms with Gasteiger partial charge in [-0.15, -0.1) is 11.8 Å². The molecular formula is C54H62FN7O3S2. The second kappa shape index (κ2) is 22.7. The minimum absolute atomic E-state index is 0.153. The molecule has 13 heteroatoms. The Hall–Kier alpha value is -5.88. The van der Waals surface area contributed by atoms with Gasteiger partial charge in [-0.05, 0) is 169 Å². The van der Waals surface area contributed by atoms with Crippen molar-refractivity contribution in [1.82, 2.24) is 24.6 Å². The van der Waals surface area contributed by atoms with Crippen LogP contribution in [0.1, 0.15) is 45.6 Å². The van der Waals surface area contributed by atoms with Crippen molar-refractivity contribution in [3.05, 3.63) is 155 Å². The van der Waals surface area contributed by atoms with Crippen LogP contribution in [-0.4, -0.2) is 112 Å². The van der Waals surface area contributed by atoms with E-state index in [0.29, 0.717) is 23.4 Å². The predicted molar refractivity (Wildman–Crippen MR) is 274 cm³/mol. The zero-order valence-corrected chi connectivity index (χ0v) is 41.0. The number of likely N-dealkylation sites (N-methyl/N-ethyl adjacent to an activating group) is 1. The number of nitrogens with one attached hydrogen (secondary N) is 3. The number of benzene rings is 5. The van der Waals surface area contributed by atoms with Gasteiger partial charge < -0.3 is 29.9 Å². The van der Waals surface area contributed by atoms with Gasteiger partial charge in [-0.3, -0.25) is 9.52 Å². The van der Waals surface area contributed by atoms with Gasteiger partial charge in [0, 0.05) is 90.2 Å². The van der Waals surface area contributed by atoms with Crippen molar-refractivity contribution in [2.24, 2.45) is 7.05 Å². The van der Waals surface area contributed by atoms with Gasteiger partial charge in [-0.25, -0.2) is 12.8 Å². The van der Waals surface area contributed by atoms with Crippen LogP contribution >= 0.6 is 11.8 Å². The molecule has 1 aliphatic rings. The van der Waals surface area contributed by atoms with E-state index in [1.165, 1.54) is 17.0 Å². The number of rotatable bonds is 18. The molecule has 1 fully saturated rings. The number of carbonyl (C=O) groups is 1. The molecule has 0 saturated carbocycles. The van der Waals surface area contributed by atoms with Gasteiger partial charge in [0.05, 0.1) is 16.2 Å². The van der Waals surface area contributed by atoms with E-state index >= 15 is 0 Å². The molecule has 6 aromatic rings. The van der Waals surface area contributed by atoms with Crippen molar-refractivity contribution in [3.8, 4) is 34.2 Å². The van der Waals surface area contributed by atoms with Crippen LogP contribution in [0, 0.1) is 31.5 Å².